The number of hydrogen-bond acceptors (Lipinski definition) is 7. The first-order valence-corrected chi connectivity index (χ1v) is 11.6. The van der Waals surface area contributed by atoms with Gasteiger partial charge in [-0.2, -0.15) is 4.31 Å². The number of aromatic nitrogens is 2. The summed E-state index contributed by atoms with van der Waals surface area (Å²) in [4.78, 5) is 13.9. The zero-order valence-corrected chi connectivity index (χ0v) is 18.1. The van der Waals surface area contributed by atoms with Gasteiger partial charge in [0.25, 0.3) is 0 Å². The summed E-state index contributed by atoms with van der Waals surface area (Å²) in [6.07, 6.45) is 0.604. The molecule has 0 saturated carbocycles. The number of rotatable bonds is 7. The Hall–Kier alpha value is -2.88. The maximum atomic E-state index is 12.9. The summed E-state index contributed by atoms with van der Waals surface area (Å²) in [5.41, 5.74) is 1.28. The highest BCUT2D eigenvalue weighted by molar-refractivity contribution is 7.89. The van der Waals surface area contributed by atoms with Gasteiger partial charge >= 0.3 is 0 Å². The van der Waals surface area contributed by atoms with E-state index in [1.54, 1.807) is 12.1 Å². The largest absolute Gasteiger partial charge is 0.421 e. The number of sulfonamides is 1. The van der Waals surface area contributed by atoms with Crippen LogP contribution in [0.2, 0.25) is 0 Å². The fraction of sp³-hybridized carbons (Fsp3) is 0.318. The Kier molecular flexibility index (Phi) is 6.26. The number of hydrogen-bond donors (Lipinski definition) is 0. The normalized spacial score (nSPS) is 15.8. The lowest BCUT2D eigenvalue weighted by atomic mass is 10.2. The van der Waals surface area contributed by atoms with Crippen molar-refractivity contribution in [3.63, 3.8) is 0 Å². The molecule has 0 radical (unpaired) electrons. The van der Waals surface area contributed by atoms with Crippen molar-refractivity contribution in [2.24, 2.45) is 0 Å². The third-order valence-corrected chi connectivity index (χ3v) is 7.23. The van der Waals surface area contributed by atoms with Crippen molar-refractivity contribution in [1.29, 1.82) is 0 Å². The molecule has 4 rings (SSSR count). The molecule has 0 atom stereocenters. The third-order valence-electron chi connectivity index (χ3n) is 5.34. The van der Waals surface area contributed by atoms with Crippen molar-refractivity contribution in [2.45, 2.75) is 18.2 Å². The quantitative estimate of drug-likeness (QED) is 0.521. The Morgan fingerprint density at radius 1 is 1.00 bits per heavy atom. The van der Waals surface area contributed by atoms with Gasteiger partial charge in [0.2, 0.25) is 21.8 Å². The molecular weight excluding hydrogens is 416 g/mol. The standard InChI is InChI=1S/C22H24N4O4S/c1-17(27)19-8-5-9-20(16-19)31(28,29)26-14-12-25(13-15-26)11-10-21-23-24-22(30-21)18-6-3-2-4-7-18/h2-9,16H,10-15H2,1H3. The Morgan fingerprint density at radius 3 is 2.45 bits per heavy atom. The van der Waals surface area contributed by atoms with Crippen molar-refractivity contribution in [1.82, 2.24) is 19.4 Å². The van der Waals surface area contributed by atoms with E-state index >= 15 is 0 Å². The van der Waals surface area contributed by atoms with E-state index in [9.17, 15) is 13.2 Å². The SMILES string of the molecule is CC(=O)c1cccc(S(=O)(=O)N2CCN(CCc3nnc(-c4ccccc4)o3)CC2)c1. The minimum absolute atomic E-state index is 0.154. The zero-order valence-electron chi connectivity index (χ0n) is 17.3. The van der Waals surface area contributed by atoms with Crippen molar-refractivity contribution in [2.75, 3.05) is 32.7 Å². The van der Waals surface area contributed by atoms with Crippen molar-refractivity contribution in [3.8, 4) is 11.5 Å². The van der Waals surface area contributed by atoms with E-state index in [-0.39, 0.29) is 10.7 Å². The summed E-state index contributed by atoms with van der Waals surface area (Å²) >= 11 is 0. The van der Waals surface area contributed by atoms with Crippen LogP contribution in [0.25, 0.3) is 11.5 Å². The molecule has 1 aromatic heterocycles. The van der Waals surface area contributed by atoms with Gasteiger partial charge in [0.05, 0.1) is 4.90 Å². The molecule has 0 N–H and O–H groups in total. The molecule has 0 unspecified atom stereocenters. The van der Waals surface area contributed by atoms with E-state index < -0.39 is 10.0 Å². The lowest BCUT2D eigenvalue weighted by Crippen LogP contribution is -2.49. The monoisotopic (exact) mass is 440 g/mol. The minimum atomic E-state index is -3.62. The molecule has 31 heavy (non-hydrogen) atoms. The van der Waals surface area contributed by atoms with Crippen LogP contribution < -0.4 is 0 Å². The van der Waals surface area contributed by atoms with Crippen LogP contribution in [0.1, 0.15) is 23.2 Å². The summed E-state index contributed by atoms with van der Waals surface area (Å²) in [5, 5.41) is 8.22. The fourth-order valence-corrected chi connectivity index (χ4v) is 4.99. The van der Waals surface area contributed by atoms with E-state index in [0.717, 1.165) is 5.56 Å². The molecule has 2 aromatic carbocycles. The van der Waals surface area contributed by atoms with Gasteiger partial charge in [0.15, 0.2) is 5.78 Å². The van der Waals surface area contributed by atoms with Gasteiger partial charge in [-0.3, -0.25) is 4.79 Å². The number of carbonyl (C=O) groups is 1. The Labute approximate surface area is 181 Å². The van der Waals surface area contributed by atoms with Gasteiger partial charge < -0.3 is 9.32 Å². The zero-order chi connectivity index (χ0) is 21.8. The van der Waals surface area contributed by atoms with Crippen LogP contribution >= 0.6 is 0 Å². The second-order valence-corrected chi connectivity index (χ2v) is 9.38. The molecule has 0 aliphatic carbocycles. The van der Waals surface area contributed by atoms with Crippen LogP contribution in [-0.4, -0.2) is 66.3 Å². The molecule has 1 aliphatic heterocycles. The highest BCUT2D eigenvalue weighted by atomic mass is 32.2. The summed E-state index contributed by atoms with van der Waals surface area (Å²) in [5.74, 6) is 0.910. The summed E-state index contributed by atoms with van der Waals surface area (Å²) in [7, 11) is -3.62. The minimum Gasteiger partial charge on any atom is -0.421 e. The summed E-state index contributed by atoms with van der Waals surface area (Å²) in [6, 6.07) is 15.8. The van der Waals surface area contributed by atoms with E-state index in [0.29, 0.717) is 56.5 Å². The van der Waals surface area contributed by atoms with Crippen LogP contribution in [0.3, 0.4) is 0 Å². The van der Waals surface area contributed by atoms with E-state index in [1.165, 1.54) is 23.4 Å². The molecule has 2 heterocycles. The molecule has 0 amide bonds. The number of Topliss-reactive ketones (excluding diaryl/α,β-unsaturated/α-hetero) is 1. The molecule has 1 fully saturated rings. The average molecular weight is 441 g/mol. The van der Waals surface area contributed by atoms with Crippen molar-refractivity contribution < 1.29 is 17.6 Å². The predicted octanol–water partition coefficient (Wildman–Crippen LogP) is 2.49. The van der Waals surface area contributed by atoms with E-state index in [2.05, 4.69) is 15.1 Å². The first-order valence-electron chi connectivity index (χ1n) is 10.1. The van der Waals surface area contributed by atoms with Crippen LogP contribution in [0, 0.1) is 0 Å². The average Bonchev–Trinajstić information content (AvgIpc) is 3.28. The predicted molar refractivity (Wildman–Crippen MR) is 115 cm³/mol. The molecule has 8 nitrogen and oxygen atoms in total. The molecular formula is C22H24N4O4S. The van der Waals surface area contributed by atoms with Gasteiger partial charge in [-0.15, -0.1) is 10.2 Å². The maximum absolute atomic E-state index is 12.9. The maximum Gasteiger partial charge on any atom is 0.247 e. The van der Waals surface area contributed by atoms with Gasteiger partial charge in [0, 0.05) is 50.3 Å². The third kappa shape index (κ3) is 4.90. The number of piperazine rings is 1. The van der Waals surface area contributed by atoms with Crippen LogP contribution in [0.15, 0.2) is 63.9 Å². The van der Waals surface area contributed by atoms with Crippen LogP contribution in [0.5, 0.6) is 0 Å². The fourth-order valence-electron chi connectivity index (χ4n) is 3.52. The molecule has 3 aromatic rings. The van der Waals surface area contributed by atoms with Gasteiger partial charge in [-0.25, -0.2) is 8.42 Å². The van der Waals surface area contributed by atoms with Crippen LogP contribution in [0.4, 0.5) is 0 Å². The summed E-state index contributed by atoms with van der Waals surface area (Å²) < 4.78 is 33.1. The van der Waals surface area contributed by atoms with Crippen LogP contribution in [-0.2, 0) is 16.4 Å². The molecule has 162 valence electrons. The molecule has 0 spiro atoms. The molecule has 0 bridgehead atoms. The first-order chi connectivity index (χ1) is 14.9. The van der Waals surface area contributed by atoms with E-state index in [1.807, 2.05) is 30.3 Å². The number of nitrogens with zero attached hydrogens (tertiary/aromatic N) is 4. The van der Waals surface area contributed by atoms with Gasteiger partial charge in [-0.05, 0) is 31.2 Å². The first kappa shape index (κ1) is 21.4. The molecule has 1 aliphatic rings. The number of carbonyl (C=O) groups excluding carboxylic acids is 1. The Balaban J connectivity index is 1.32. The lowest BCUT2D eigenvalue weighted by Gasteiger charge is -2.33. The van der Waals surface area contributed by atoms with E-state index in [4.69, 9.17) is 4.42 Å². The second-order valence-electron chi connectivity index (χ2n) is 7.45. The van der Waals surface area contributed by atoms with Crippen molar-refractivity contribution in [3.05, 3.63) is 66.1 Å². The molecule has 1 saturated heterocycles. The molecule has 9 heteroatoms. The summed E-state index contributed by atoms with van der Waals surface area (Å²) in [6.45, 7) is 4.16. The number of benzene rings is 2. The topological polar surface area (TPSA) is 96.6 Å². The highest BCUT2D eigenvalue weighted by Crippen LogP contribution is 2.20. The van der Waals surface area contributed by atoms with Gasteiger partial charge in [-0.1, -0.05) is 30.3 Å². The van der Waals surface area contributed by atoms with Crippen molar-refractivity contribution >= 4 is 15.8 Å². The smallest absolute Gasteiger partial charge is 0.247 e. The number of ketones is 1. The Morgan fingerprint density at radius 2 is 1.74 bits per heavy atom. The second kappa shape index (κ2) is 9.09. The highest BCUT2D eigenvalue weighted by Gasteiger charge is 2.28. The lowest BCUT2D eigenvalue weighted by molar-refractivity contribution is 0.101. The van der Waals surface area contributed by atoms with Gasteiger partial charge in [0.1, 0.15) is 0 Å². The Bertz CT molecular complexity index is 1150.